The van der Waals surface area contributed by atoms with Gasteiger partial charge in [-0.15, -0.1) is 0 Å². The van der Waals surface area contributed by atoms with Crippen molar-refractivity contribution in [1.29, 1.82) is 0 Å². The van der Waals surface area contributed by atoms with Crippen LogP contribution >= 0.6 is 0 Å². The van der Waals surface area contributed by atoms with Crippen molar-refractivity contribution in [1.82, 2.24) is 14.9 Å². The molecule has 27 heavy (non-hydrogen) atoms. The lowest BCUT2D eigenvalue weighted by Gasteiger charge is -2.19. The number of amides is 2. The van der Waals surface area contributed by atoms with Crippen LogP contribution in [-0.4, -0.2) is 47.0 Å². The summed E-state index contributed by atoms with van der Waals surface area (Å²) in [5, 5.41) is 0. The number of nitrogens with zero attached hydrogens (tertiary/aromatic N) is 4. The van der Waals surface area contributed by atoms with Gasteiger partial charge < -0.3 is 15.4 Å². The molecule has 8 nitrogen and oxygen atoms in total. The number of allylic oxidation sites excluding steroid dienone is 2. The van der Waals surface area contributed by atoms with Gasteiger partial charge in [-0.3, -0.25) is 9.88 Å². The molecule has 0 saturated carbocycles. The number of nitrogens with two attached hydrogens (primary N) is 1. The monoisotopic (exact) mass is 365 g/mol. The normalized spacial score (nSPS) is 14.3. The molecule has 1 fully saturated rings. The van der Waals surface area contributed by atoms with E-state index in [1.165, 1.54) is 19.4 Å². The Morgan fingerprint density at radius 3 is 2.89 bits per heavy atom. The van der Waals surface area contributed by atoms with E-state index in [0.29, 0.717) is 36.6 Å². The van der Waals surface area contributed by atoms with Crippen LogP contribution in [0.15, 0.2) is 48.9 Å². The zero-order valence-corrected chi connectivity index (χ0v) is 14.8. The smallest absolute Gasteiger partial charge is 0.326 e. The van der Waals surface area contributed by atoms with E-state index in [1.54, 1.807) is 40.3 Å². The Morgan fingerprint density at radius 2 is 2.22 bits per heavy atom. The van der Waals surface area contributed by atoms with E-state index in [1.807, 2.05) is 12.1 Å². The number of carbonyl (C=O) groups excluding carboxylic acids is 2. The van der Waals surface area contributed by atoms with E-state index in [9.17, 15) is 9.59 Å². The van der Waals surface area contributed by atoms with E-state index in [-0.39, 0.29) is 11.9 Å². The molecule has 138 valence electrons. The number of hydrogen-bond donors (Lipinski definition) is 1. The minimum Gasteiger partial charge on any atom is -0.480 e. The molecule has 2 N–H and O–H groups in total. The number of hydrogen-bond acceptors (Lipinski definition) is 6. The first kappa shape index (κ1) is 18.2. The van der Waals surface area contributed by atoms with E-state index < -0.39 is 0 Å². The van der Waals surface area contributed by atoms with Crippen molar-refractivity contribution in [3.05, 3.63) is 60.1 Å². The molecule has 0 radical (unpaired) electrons. The van der Waals surface area contributed by atoms with E-state index >= 15 is 0 Å². The first-order chi connectivity index (χ1) is 13.2. The van der Waals surface area contributed by atoms with Crippen LogP contribution < -0.4 is 15.4 Å². The van der Waals surface area contributed by atoms with E-state index in [4.69, 9.17) is 10.5 Å². The second-order valence-electron chi connectivity index (χ2n) is 5.83. The van der Waals surface area contributed by atoms with Crippen LogP contribution in [0.2, 0.25) is 0 Å². The van der Waals surface area contributed by atoms with Gasteiger partial charge in [-0.05, 0) is 23.8 Å². The van der Waals surface area contributed by atoms with Gasteiger partial charge in [0, 0.05) is 55.4 Å². The second-order valence-corrected chi connectivity index (χ2v) is 5.83. The van der Waals surface area contributed by atoms with Crippen LogP contribution in [0.3, 0.4) is 0 Å². The highest BCUT2D eigenvalue weighted by Gasteiger charge is 2.31. The highest BCUT2D eigenvalue weighted by atomic mass is 16.5. The highest BCUT2D eigenvalue weighted by molar-refractivity contribution is 5.93. The summed E-state index contributed by atoms with van der Waals surface area (Å²) >= 11 is 0. The molecule has 3 rings (SSSR count). The minimum absolute atomic E-state index is 0.136. The van der Waals surface area contributed by atoms with Crippen LogP contribution in [0.4, 0.5) is 10.6 Å². The topological polar surface area (TPSA) is 102 Å². The summed E-state index contributed by atoms with van der Waals surface area (Å²) in [5.74, 6) is 2.44. The van der Waals surface area contributed by atoms with Crippen LogP contribution in [0.1, 0.15) is 11.1 Å². The average Bonchev–Trinajstić information content (AvgIpc) is 3.07. The summed E-state index contributed by atoms with van der Waals surface area (Å²) < 4.78 is 5.32. The molecule has 0 aromatic carbocycles. The largest absolute Gasteiger partial charge is 0.480 e. The maximum atomic E-state index is 12.7. The fourth-order valence-corrected chi connectivity index (χ4v) is 2.89. The third-order valence-electron chi connectivity index (χ3n) is 4.21. The van der Waals surface area contributed by atoms with Crippen LogP contribution in [0.25, 0.3) is 5.57 Å². The van der Waals surface area contributed by atoms with Gasteiger partial charge in [0.1, 0.15) is 11.8 Å². The number of methoxy groups -OCH3 is 1. The van der Waals surface area contributed by atoms with Gasteiger partial charge in [0.15, 0.2) is 0 Å². The summed E-state index contributed by atoms with van der Waals surface area (Å²) in [5.41, 5.74) is 7.51. The van der Waals surface area contributed by atoms with Crippen molar-refractivity contribution in [3.63, 3.8) is 0 Å². The molecule has 0 unspecified atom stereocenters. The Labute approximate surface area is 156 Å². The lowest BCUT2D eigenvalue weighted by molar-refractivity contribution is 0.218. The zero-order valence-electron chi connectivity index (χ0n) is 14.8. The lowest BCUT2D eigenvalue weighted by Crippen LogP contribution is -2.32. The predicted octanol–water partition coefficient (Wildman–Crippen LogP) is 1.61. The highest BCUT2D eigenvalue weighted by Crippen LogP contribution is 2.29. The molecule has 3 heterocycles. The van der Waals surface area contributed by atoms with Gasteiger partial charge >= 0.3 is 6.03 Å². The number of aromatic nitrogens is 2. The summed E-state index contributed by atoms with van der Waals surface area (Å²) in [6.07, 6.45) is 5.92. The van der Waals surface area contributed by atoms with Gasteiger partial charge in [0.2, 0.25) is 5.88 Å². The van der Waals surface area contributed by atoms with Crippen LogP contribution in [0, 0.1) is 0 Å². The number of anilines is 1. The van der Waals surface area contributed by atoms with Gasteiger partial charge in [-0.25, -0.2) is 9.59 Å². The molecule has 2 aromatic heterocycles. The minimum atomic E-state index is -0.136. The molecule has 0 aliphatic carbocycles. The Balaban J connectivity index is 1.82. The van der Waals surface area contributed by atoms with Crippen molar-refractivity contribution in [2.24, 2.45) is 5.73 Å². The summed E-state index contributed by atoms with van der Waals surface area (Å²) in [6, 6.07) is 7.05. The summed E-state index contributed by atoms with van der Waals surface area (Å²) in [4.78, 5) is 35.2. The van der Waals surface area contributed by atoms with Crippen molar-refractivity contribution in [3.8, 4) is 5.88 Å². The van der Waals surface area contributed by atoms with Gasteiger partial charge in [-0.2, -0.15) is 4.98 Å². The maximum absolute atomic E-state index is 12.7. The third kappa shape index (κ3) is 3.80. The number of carbonyl (C=O) groups is 1. The fourth-order valence-electron chi connectivity index (χ4n) is 2.89. The number of ether oxygens (including phenoxy) is 1. The molecule has 0 bridgehead atoms. The predicted molar refractivity (Wildman–Crippen MR) is 101 cm³/mol. The molecule has 1 aliphatic rings. The van der Waals surface area contributed by atoms with Crippen molar-refractivity contribution < 1.29 is 14.3 Å². The molecule has 1 aliphatic heterocycles. The molecule has 2 amide bonds. The SMILES string of the molecule is COc1nc(N2CCN(Cc3cccnc3)C2=O)ccc1/C(C=C=O)=C/N. The molecular formula is C19H19N5O3. The zero-order chi connectivity index (χ0) is 19.2. The molecule has 0 atom stereocenters. The van der Waals surface area contributed by atoms with Crippen LogP contribution in [-0.2, 0) is 11.3 Å². The third-order valence-corrected chi connectivity index (χ3v) is 4.21. The Kier molecular flexibility index (Phi) is 5.49. The summed E-state index contributed by atoms with van der Waals surface area (Å²) in [6.45, 7) is 1.59. The standard InChI is InChI=1S/C19H19N5O3/c1-27-18-16(15(11-20)6-10-25)4-5-17(22-18)24-9-8-23(19(24)26)13-14-3-2-7-21-12-14/h2-7,11-12H,8-9,13,20H2,1H3/b15-11+. The molecular weight excluding hydrogens is 346 g/mol. The Morgan fingerprint density at radius 1 is 1.37 bits per heavy atom. The second kappa shape index (κ2) is 8.16. The van der Waals surface area contributed by atoms with Gasteiger partial charge in [0.05, 0.1) is 7.11 Å². The molecule has 8 heteroatoms. The summed E-state index contributed by atoms with van der Waals surface area (Å²) in [7, 11) is 1.47. The number of rotatable bonds is 6. The van der Waals surface area contributed by atoms with E-state index in [2.05, 4.69) is 9.97 Å². The molecule has 2 aromatic rings. The molecule has 1 saturated heterocycles. The van der Waals surface area contributed by atoms with E-state index in [0.717, 1.165) is 5.56 Å². The quantitative estimate of drug-likeness (QED) is 0.616. The van der Waals surface area contributed by atoms with Crippen molar-refractivity contribution >= 4 is 23.4 Å². The maximum Gasteiger partial charge on any atom is 0.326 e. The fraction of sp³-hybridized carbons (Fsp3) is 0.211. The lowest BCUT2D eigenvalue weighted by atomic mass is 10.1. The van der Waals surface area contributed by atoms with Crippen molar-refractivity contribution in [2.75, 3.05) is 25.1 Å². The van der Waals surface area contributed by atoms with Crippen molar-refractivity contribution in [2.45, 2.75) is 6.54 Å². The average molecular weight is 365 g/mol. The number of urea groups is 1. The van der Waals surface area contributed by atoms with Gasteiger partial charge in [-0.1, -0.05) is 6.07 Å². The Bertz CT molecular complexity index is 907. The van der Waals surface area contributed by atoms with Crippen LogP contribution in [0.5, 0.6) is 5.88 Å². The molecule has 0 spiro atoms. The number of pyridine rings is 2. The van der Waals surface area contributed by atoms with Gasteiger partial charge in [0.25, 0.3) is 0 Å². The first-order valence-corrected chi connectivity index (χ1v) is 8.31. The Hall–Kier alpha value is -3.64. The first-order valence-electron chi connectivity index (χ1n) is 8.31.